The van der Waals surface area contributed by atoms with Gasteiger partial charge in [0.2, 0.25) is 5.91 Å². The molecule has 6 heteroatoms. The average Bonchev–Trinajstić information content (AvgIpc) is 2.88. The maximum Gasteiger partial charge on any atom is 0.262 e. The van der Waals surface area contributed by atoms with Crippen LogP contribution >= 0.6 is 0 Å². The molecule has 3 rings (SSSR count). The number of nitrogens with zero attached hydrogens (tertiary/aromatic N) is 1. The summed E-state index contributed by atoms with van der Waals surface area (Å²) in [6, 6.07) is 9.09. The Bertz CT molecular complexity index is 942. The predicted molar refractivity (Wildman–Crippen MR) is 99.6 cm³/mol. The van der Waals surface area contributed by atoms with Gasteiger partial charge in [0.15, 0.2) is 0 Å². The maximum absolute atomic E-state index is 12.9. The van der Waals surface area contributed by atoms with Crippen LogP contribution in [-0.4, -0.2) is 20.9 Å². The number of aryl methyl sites for hydroxylation is 3. The van der Waals surface area contributed by atoms with Crippen molar-refractivity contribution in [1.82, 2.24) is 0 Å². The number of carbonyl (C=O) groups excluding carboxylic acids is 1. The summed E-state index contributed by atoms with van der Waals surface area (Å²) in [5, 5.41) is 0. The third-order valence-corrected chi connectivity index (χ3v) is 6.17. The van der Waals surface area contributed by atoms with E-state index in [0.717, 1.165) is 34.4 Å². The summed E-state index contributed by atoms with van der Waals surface area (Å²) >= 11 is 0. The summed E-state index contributed by atoms with van der Waals surface area (Å²) in [6.07, 6.45) is 0.790. The second kappa shape index (κ2) is 6.19. The molecular formula is C19H22N2O3S. The molecule has 0 spiro atoms. The molecule has 1 aliphatic heterocycles. The van der Waals surface area contributed by atoms with Crippen LogP contribution in [0, 0.1) is 20.8 Å². The third kappa shape index (κ3) is 3.26. The summed E-state index contributed by atoms with van der Waals surface area (Å²) in [7, 11) is -3.70. The van der Waals surface area contributed by atoms with Gasteiger partial charge >= 0.3 is 0 Å². The van der Waals surface area contributed by atoms with Crippen molar-refractivity contribution in [1.29, 1.82) is 0 Å². The minimum absolute atomic E-state index is 0.0380. The van der Waals surface area contributed by atoms with E-state index in [4.69, 9.17) is 0 Å². The molecule has 0 unspecified atom stereocenters. The van der Waals surface area contributed by atoms with E-state index in [-0.39, 0.29) is 5.91 Å². The van der Waals surface area contributed by atoms with Crippen molar-refractivity contribution in [3.8, 4) is 0 Å². The highest BCUT2D eigenvalue weighted by molar-refractivity contribution is 7.92. The van der Waals surface area contributed by atoms with E-state index in [1.807, 2.05) is 25.1 Å². The van der Waals surface area contributed by atoms with Crippen LogP contribution in [0.4, 0.5) is 11.4 Å². The number of carbonyl (C=O) groups is 1. The number of hydrogen-bond donors (Lipinski definition) is 1. The fraction of sp³-hybridized carbons (Fsp3) is 0.316. The van der Waals surface area contributed by atoms with E-state index in [1.54, 1.807) is 30.9 Å². The lowest BCUT2D eigenvalue weighted by Crippen LogP contribution is -2.25. The largest absolute Gasteiger partial charge is 0.312 e. The van der Waals surface area contributed by atoms with Gasteiger partial charge in [-0.15, -0.1) is 0 Å². The quantitative estimate of drug-likeness (QED) is 0.915. The van der Waals surface area contributed by atoms with Gasteiger partial charge in [-0.1, -0.05) is 23.8 Å². The Morgan fingerprint density at radius 1 is 1.08 bits per heavy atom. The van der Waals surface area contributed by atoms with E-state index in [1.165, 1.54) is 6.92 Å². The maximum atomic E-state index is 12.9. The van der Waals surface area contributed by atoms with Crippen molar-refractivity contribution < 1.29 is 13.2 Å². The first-order chi connectivity index (χ1) is 11.7. The number of rotatable bonds is 3. The van der Waals surface area contributed by atoms with Crippen molar-refractivity contribution in [3.05, 3.63) is 52.6 Å². The Morgan fingerprint density at radius 2 is 1.72 bits per heavy atom. The van der Waals surface area contributed by atoms with Crippen LogP contribution in [0.2, 0.25) is 0 Å². The van der Waals surface area contributed by atoms with Crippen molar-refractivity contribution in [2.24, 2.45) is 0 Å². The van der Waals surface area contributed by atoms with E-state index < -0.39 is 10.0 Å². The smallest absolute Gasteiger partial charge is 0.262 e. The zero-order valence-corrected chi connectivity index (χ0v) is 15.7. The molecule has 0 atom stereocenters. The molecule has 2 aromatic rings. The Labute approximate surface area is 148 Å². The summed E-state index contributed by atoms with van der Waals surface area (Å²) in [4.78, 5) is 13.7. The molecule has 1 N–H and O–H groups in total. The molecule has 0 aliphatic carbocycles. The third-order valence-electron chi connectivity index (χ3n) is 4.49. The molecule has 5 nitrogen and oxygen atoms in total. The van der Waals surface area contributed by atoms with Crippen LogP contribution in [0.3, 0.4) is 0 Å². The zero-order valence-electron chi connectivity index (χ0n) is 14.9. The van der Waals surface area contributed by atoms with E-state index >= 15 is 0 Å². The Balaban J connectivity index is 1.98. The first-order valence-corrected chi connectivity index (χ1v) is 9.69. The van der Waals surface area contributed by atoms with E-state index in [9.17, 15) is 13.2 Å². The molecule has 0 radical (unpaired) electrons. The van der Waals surface area contributed by atoms with Crippen LogP contribution in [0.1, 0.15) is 29.2 Å². The number of sulfonamides is 1. The normalized spacial score (nSPS) is 13.7. The van der Waals surface area contributed by atoms with Gasteiger partial charge in [-0.25, -0.2) is 8.42 Å². The highest BCUT2D eigenvalue weighted by atomic mass is 32.2. The SMILES string of the molecule is CC(=O)N1CCc2ccc(NS(=O)(=O)c3c(C)cc(C)cc3C)cc21. The molecule has 132 valence electrons. The molecule has 1 aliphatic rings. The Morgan fingerprint density at radius 3 is 2.32 bits per heavy atom. The van der Waals surface area contributed by atoms with Gasteiger partial charge in [-0.2, -0.15) is 0 Å². The predicted octanol–water partition coefficient (Wildman–Crippen LogP) is 3.32. The molecule has 0 saturated heterocycles. The average molecular weight is 358 g/mol. The fourth-order valence-electron chi connectivity index (χ4n) is 3.57. The first-order valence-electron chi connectivity index (χ1n) is 8.21. The number of anilines is 2. The standard InChI is InChI=1S/C19H22N2O3S/c1-12-9-13(2)19(14(3)10-12)25(23,24)20-17-6-5-16-7-8-21(15(4)22)18(16)11-17/h5-6,9-11,20H,7-8H2,1-4H3. The highest BCUT2D eigenvalue weighted by Gasteiger charge is 2.24. The molecule has 1 heterocycles. The van der Waals surface area contributed by atoms with Crippen molar-refractivity contribution in [2.75, 3.05) is 16.2 Å². The molecule has 0 bridgehead atoms. The van der Waals surface area contributed by atoms with Crippen molar-refractivity contribution in [3.63, 3.8) is 0 Å². The van der Waals surface area contributed by atoms with Gasteiger partial charge in [0.25, 0.3) is 10.0 Å². The summed E-state index contributed by atoms with van der Waals surface area (Å²) in [6.45, 7) is 7.70. The molecule has 1 amide bonds. The second-order valence-electron chi connectivity index (χ2n) is 6.60. The number of amides is 1. The monoisotopic (exact) mass is 358 g/mol. The number of nitrogens with one attached hydrogen (secondary N) is 1. The molecular weight excluding hydrogens is 336 g/mol. The van der Waals surface area contributed by atoms with E-state index in [0.29, 0.717) is 17.1 Å². The Kier molecular flexibility index (Phi) is 4.33. The second-order valence-corrected chi connectivity index (χ2v) is 8.22. The molecule has 2 aromatic carbocycles. The first kappa shape index (κ1) is 17.5. The van der Waals surface area contributed by atoms with Gasteiger partial charge in [0.1, 0.15) is 0 Å². The number of hydrogen-bond acceptors (Lipinski definition) is 3. The van der Waals surface area contributed by atoms with E-state index in [2.05, 4.69) is 4.72 Å². The van der Waals surface area contributed by atoms with Gasteiger partial charge in [0, 0.05) is 19.2 Å². The topological polar surface area (TPSA) is 66.5 Å². The highest BCUT2D eigenvalue weighted by Crippen LogP contribution is 2.32. The van der Waals surface area contributed by atoms with Gasteiger partial charge in [0.05, 0.1) is 10.6 Å². The molecule has 0 fully saturated rings. The summed E-state index contributed by atoms with van der Waals surface area (Å²) in [5.74, 6) is -0.0380. The summed E-state index contributed by atoms with van der Waals surface area (Å²) in [5.41, 5.74) is 4.77. The minimum atomic E-state index is -3.70. The van der Waals surface area contributed by atoms with Crippen LogP contribution in [0.25, 0.3) is 0 Å². The minimum Gasteiger partial charge on any atom is -0.312 e. The number of benzene rings is 2. The Hall–Kier alpha value is -2.34. The number of fused-ring (bicyclic) bond motifs is 1. The molecule has 0 saturated carbocycles. The molecule has 25 heavy (non-hydrogen) atoms. The van der Waals surface area contributed by atoms with Crippen molar-refractivity contribution in [2.45, 2.75) is 39.0 Å². The van der Waals surface area contributed by atoms with Gasteiger partial charge in [-0.3, -0.25) is 9.52 Å². The van der Waals surface area contributed by atoms with Gasteiger partial charge in [-0.05, 0) is 56.0 Å². The summed E-state index contributed by atoms with van der Waals surface area (Å²) < 4.78 is 28.4. The van der Waals surface area contributed by atoms with Crippen LogP contribution in [0.5, 0.6) is 0 Å². The van der Waals surface area contributed by atoms with Crippen molar-refractivity contribution >= 4 is 27.3 Å². The fourth-order valence-corrected chi connectivity index (χ4v) is 5.07. The van der Waals surface area contributed by atoms with Crippen LogP contribution in [0.15, 0.2) is 35.2 Å². The van der Waals surface area contributed by atoms with Gasteiger partial charge < -0.3 is 4.90 Å². The lowest BCUT2D eigenvalue weighted by Gasteiger charge is -2.17. The lowest BCUT2D eigenvalue weighted by atomic mass is 10.1. The van der Waals surface area contributed by atoms with Crippen LogP contribution in [-0.2, 0) is 21.2 Å². The lowest BCUT2D eigenvalue weighted by molar-refractivity contribution is -0.116. The van der Waals surface area contributed by atoms with Crippen LogP contribution < -0.4 is 9.62 Å². The molecule has 0 aromatic heterocycles. The zero-order chi connectivity index (χ0) is 18.4.